The van der Waals surface area contributed by atoms with Crippen molar-refractivity contribution in [3.63, 3.8) is 0 Å². The van der Waals surface area contributed by atoms with Gasteiger partial charge in [0.15, 0.2) is 0 Å². The highest BCUT2D eigenvalue weighted by Gasteiger charge is 2.00. The molecule has 2 unspecified atom stereocenters. The monoisotopic (exact) mass is 177 g/mol. The van der Waals surface area contributed by atoms with Gasteiger partial charge in [-0.15, -0.1) is 0 Å². The first kappa shape index (κ1) is 10.7. The first-order chi connectivity index (χ1) is 4.66. The minimum atomic E-state index is 0.493. The van der Waals surface area contributed by atoms with Crippen LogP contribution in [-0.4, -0.2) is 10.5 Å². The van der Waals surface area contributed by atoms with Gasteiger partial charge in [0, 0.05) is 5.25 Å². The van der Waals surface area contributed by atoms with E-state index < -0.39 is 0 Å². The first-order valence-electron chi connectivity index (χ1n) is 3.82. The molecule has 1 radical (unpaired) electrons. The first-order valence-corrected chi connectivity index (χ1v) is 4.85. The highest BCUT2D eigenvalue weighted by Crippen LogP contribution is 2.12. The number of rotatable bonds is 5. The largest absolute Gasteiger partial charge is 0.176 e. The molecule has 0 fully saturated rings. The molecule has 0 N–H and O–H groups in total. The fourth-order valence-corrected chi connectivity index (χ4v) is 1.16. The van der Waals surface area contributed by atoms with Gasteiger partial charge in [-0.1, -0.05) is 20.3 Å². The summed E-state index contributed by atoms with van der Waals surface area (Å²) >= 11 is 8.63. The van der Waals surface area contributed by atoms with Gasteiger partial charge >= 0.3 is 0 Å². The van der Waals surface area contributed by atoms with Gasteiger partial charge in [0.1, 0.15) is 0 Å². The van der Waals surface area contributed by atoms with E-state index in [0.29, 0.717) is 10.5 Å². The Balaban J connectivity index is 3.03. The zero-order valence-electron chi connectivity index (χ0n) is 6.58. The van der Waals surface area contributed by atoms with Crippen molar-refractivity contribution in [2.45, 2.75) is 43.1 Å². The molecule has 0 saturated heterocycles. The van der Waals surface area contributed by atoms with Gasteiger partial charge in [0.2, 0.25) is 0 Å². The van der Waals surface area contributed by atoms with Gasteiger partial charge < -0.3 is 0 Å². The van der Waals surface area contributed by atoms with Crippen LogP contribution >= 0.6 is 25.3 Å². The van der Waals surface area contributed by atoms with Crippen LogP contribution in [-0.2, 0) is 0 Å². The lowest BCUT2D eigenvalue weighted by Gasteiger charge is -2.07. The molecule has 0 bridgehead atoms. The predicted molar refractivity (Wildman–Crippen MR) is 55.0 cm³/mol. The maximum atomic E-state index is 4.34. The maximum absolute atomic E-state index is 4.34. The van der Waals surface area contributed by atoms with Crippen LogP contribution in [0.1, 0.15) is 32.6 Å². The molecule has 0 aromatic heterocycles. The van der Waals surface area contributed by atoms with E-state index in [4.69, 9.17) is 0 Å². The van der Waals surface area contributed by atoms with Crippen LogP contribution in [0.25, 0.3) is 0 Å². The van der Waals surface area contributed by atoms with E-state index in [1.54, 1.807) is 0 Å². The molecular weight excluding hydrogens is 160 g/mol. The standard InChI is InChI=1S/C8H17S2/c1-3-8(10)6-4-5-7(2)9/h7-10H,1,3-6H2,2H3. The summed E-state index contributed by atoms with van der Waals surface area (Å²) in [5, 5.41) is 1.03. The third-order valence-corrected chi connectivity index (χ3v) is 2.27. The minimum absolute atomic E-state index is 0.493. The number of hydrogen-bond acceptors (Lipinski definition) is 2. The second kappa shape index (κ2) is 6.41. The third-order valence-electron chi connectivity index (χ3n) is 1.49. The molecule has 0 amide bonds. The van der Waals surface area contributed by atoms with Gasteiger partial charge in [-0.3, -0.25) is 0 Å². The van der Waals surface area contributed by atoms with Gasteiger partial charge in [0.25, 0.3) is 0 Å². The molecule has 0 heterocycles. The summed E-state index contributed by atoms with van der Waals surface area (Å²) in [5.41, 5.74) is 0. The molecule has 61 valence electrons. The Bertz CT molecular complexity index is 71.7. The van der Waals surface area contributed by atoms with E-state index in [-0.39, 0.29) is 0 Å². The summed E-state index contributed by atoms with van der Waals surface area (Å²) in [5.74, 6) is 0. The molecule has 0 aliphatic heterocycles. The Morgan fingerprint density at radius 1 is 1.30 bits per heavy atom. The molecule has 0 saturated carbocycles. The molecule has 0 nitrogen and oxygen atoms in total. The van der Waals surface area contributed by atoms with E-state index in [1.807, 2.05) is 0 Å². The van der Waals surface area contributed by atoms with E-state index in [9.17, 15) is 0 Å². The molecule has 0 aromatic carbocycles. The molecule has 10 heavy (non-hydrogen) atoms. The van der Waals surface area contributed by atoms with Crippen LogP contribution in [0.5, 0.6) is 0 Å². The van der Waals surface area contributed by atoms with Crippen molar-refractivity contribution >= 4 is 25.3 Å². The number of thiol groups is 2. The topological polar surface area (TPSA) is 0 Å². The van der Waals surface area contributed by atoms with Gasteiger partial charge in [-0.25, -0.2) is 0 Å². The van der Waals surface area contributed by atoms with Crippen LogP contribution in [0.2, 0.25) is 0 Å². The second-order valence-corrected chi connectivity index (χ2v) is 4.33. The Labute approximate surface area is 75.6 Å². The normalized spacial score (nSPS) is 16.8. The van der Waals surface area contributed by atoms with Crippen molar-refractivity contribution in [3.8, 4) is 0 Å². The van der Waals surface area contributed by atoms with Crippen LogP contribution in [0.3, 0.4) is 0 Å². The summed E-state index contributed by atoms with van der Waals surface area (Å²) in [7, 11) is 0. The van der Waals surface area contributed by atoms with E-state index >= 15 is 0 Å². The minimum Gasteiger partial charge on any atom is -0.176 e. The van der Waals surface area contributed by atoms with Crippen molar-refractivity contribution < 1.29 is 0 Å². The van der Waals surface area contributed by atoms with Gasteiger partial charge in [-0.2, -0.15) is 25.3 Å². The molecule has 0 spiro atoms. The lowest BCUT2D eigenvalue weighted by Crippen LogP contribution is -1.98. The average Bonchev–Trinajstić information content (AvgIpc) is 1.87. The van der Waals surface area contributed by atoms with Gasteiger partial charge in [0.05, 0.1) is 0 Å². The Hall–Kier alpha value is 0.700. The molecule has 0 aliphatic rings. The molecule has 0 aromatic rings. The van der Waals surface area contributed by atoms with E-state index in [0.717, 1.165) is 6.42 Å². The van der Waals surface area contributed by atoms with Crippen molar-refractivity contribution in [1.82, 2.24) is 0 Å². The maximum Gasteiger partial charge on any atom is 0.00168 e. The van der Waals surface area contributed by atoms with Gasteiger partial charge in [-0.05, 0) is 24.5 Å². The molecule has 2 heteroatoms. The average molecular weight is 177 g/mol. The van der Waals surface area contributed by atoms with Crippen LogP contribution in [0.15, 0.2) is 0 Å². The molecular formula is C8H17S2. The van der Waals surface area contributed by atoms with Crippen LogP contribution in [0.4, 0.5) is 0 Å². The highest BCUT2D eigenvalue weighted by molar-refractivity contribution is 7.81. The summed E-state index contributed by atoms with van der Waals surface area (Å²) < 4.78 is 0. The lowest BCUT2D eigenvalue weighted by molar-refractivity contribution is 0.658. The van der Waals surface area contributed by atoms with Crippen molar-refractivity contribution in [3.05, 3.63) is 6.92 Å². The zero-order valence-corrected chi connectivity index (χ0v) is 8.37. The van der Waals surface area contributed by atoms with Crippen LogP contribution in [0, 0.1) is 6.92 Å². The summed E-state index contributed by atoms with van der Waals surface area (Å²) in [6, 6.07) is 0. The molecule has 0 aliphatic carbocycles. The zero-order chi connectivity index (χ0) is 7.98. The summed E-state index contributed by atoms with van der Waals surface area (Å²) in [6.45, 7) is 5.91. The Morgan fingerprint density at radius 2 is 1.90 bits per heavy atom. The number of hydrogen-bond donors (Lipinski definition) is 2. The van der Waals surface area contributed by atoms with E-state index in [1.165, 1.54) is 19.3 Å². The second-order valence-electron chi connectivity index (χ2n) is 2.72. The summed E-state index contributed by atoms with van der Waals surface area (Å²) in [4.78, 5) is 0. The highest BCUT2D eigenvalue weighted by atomic mass is 32.1. The molecule has 2 atom stereocenters. The smallest absolute Gasteiger partial charge is 0.00168 e. The quantitative estimate of drug-likeness (QED) is 0.593. The van der Waals surface area contributed by atoms with Crippen molar-refractivity contribution in [1.29, 1.82) is 0 Å². The van der Waals surface area contributed by atoms with E-state index in [2.05, 4.69) is 39.1 Å². The lowest BCUT2D eigenvalue weighted by atomic mass is 10.1. The third kappa shape index (κ3) is 6.81. The SMILES string of the molecule is [CH2]CC(S)CCCC(C)S. The van der Waals surface area contributed by atoms with Crippen molar-refractivity contribution in [2.24, 2.45) is 0 Å². The summed E-state index contributed by atoms with van der Waals surface area (Å²) in [6.07, 6.45) is 4.54. The fraction of sp³-hybridized carbons (Fsp3) is 0.875. The Morgan fingerprint density at radius 3 is 2.30 bits per heavy atom. The predicted octanol–water partition coefficient (Wildman–Crippen LogP) is 3.00. The fourth-order valence-electron chi connectivity index (χ4n) is 0.793. The Kier molecular flexibility index (Phi) is 6.86. The van der Waals surface area contributed by atoms with Crippen molar-refractivity contribution in [2.75, 3.05) is 0 Å². The van der Waals surface area contributed by atoms with Crippen LogP contribution < -0.4 is 0 Å². The molecule has 0 rings (SSSR count).